The van der Waals surface area contributed by atoms with Crippen LogP contribution in [0.15, 0.2) is 24.3 Å². The molecule has 1 amide bonds. The zero-order valence-corrected chi connectivity index (χ0v) is 12.6. The van der Waals surface area contributed by atoms with Crippen LogP contribution in [0, 0.1) is 0 Å². The smallest absolute Gasteiger partial charge is 0.399 e. The van der Waals surface area contributed by atoms with E-state index in [9.17, 15) is 18.0 Å². The van der Waals surface area contributed by atoms with Gasteiger partial charge in [-0.3, -0.25) is 4.79 Å². The average Bonchev–Trinajstić information content (AvgIpc) is 2.90. The van der Waals surface area contributed by atoms with Crippen LogP contribution in [-0.2, 0) is 19.3 Å². The van der Waals surface area contributed by atoms with E-state index < -0.39 is 12.0 Å². The van der Waals surface area contributed by atoms with Gasteiger partial charge in [0.2, 0.25) is 5.82 Å². The topological polar surface area (TPSA) is 77.0 Å². The normalized spacial score (nSPS) is 14.1. The molecule has 0 saturated heterocycles. The Kier molecular flexibility index (Phi) is 4.51. The lowest BCUT2D eigenvalue weighted by molar-refractivity contribution is -0.147. The number of rotatable bonds is 1. The van der Waals surface area contributed by atoms with Gasteiger partial charge in [-0.05, 0) is 24.3 Å². The molecule has 10 heteroatoms. The number of carbonyl (C=O) groups excluding carboxylic acids is 1. The van der Waals surface area contributed by atoms with Gasteiger partial charge in [0.15, 0.2) is 5.82 Å². The van der Waals surface area contributed by atoms with E-state index in [1.807, 2.05) is 0 Å². The molecular formula is C13H13ClF3N5O. The maximum Gasteiger partial charge on any atom is 0.451 e. The molecule has 0 fully saturated rings. The van der Waals surface area contributed by atoms with Crippen molar-refractivity contribution < 1.29 is 18.0 Å². The van der Waals surface area contributed by atoms with Crippen LogP contribution in [0.4, 0.5) is 18.9 Å². The van der Waals surface area contributed by atoms with Crippen LogP contribution in [-0.4, -0.2) is 32.1 Å². The molecule has 1 aliphatic rings. The predicted octanol–water partition coefficient (Wildman–Crippen LogP) is 1.96. The number of carbonyl (C=O) groups is 1. The summed E-state index contributed by atoms with van der Waals surface area (Å²) in [5, 5.41) is 6.72. The average molecular weight is 348 g/mol. The second kappa shape index (κ2) is 6.07. The van der Waals surface area contributed by atoms with Crippen molar-refractivity contribution in [2.24, 2.45) is 0 Å². The molecule has 0 bridgehead atoms. The number of hydrogen-bond donors (Lipinski definition) is 1. The molecule has 0 radical (unpaired) electrons. The fourth-order valence-corrected chi connectivity index (χ4v) is 2.35. The van der Waals surface area contributed by atoms with E-state index in [-0.39, 0.29) is 43.8 Å². The van der Waals surface area contributed by atoms with Crippen molar-refractivity contribution in [2.75, 3.05) is 12.3 Å². The number of fused-ring (bicyclic) bond motifs is 1. The fourth-order valence-electron chi connectivity index (χ4n) is 2.35. The molecule has 2 aromatic rings. The monoisotopic (exact) mass is 347 g/mol. The van der Waals surface area contributed by atoms with Crippen molar-refractivity contribution in [1.29, 1.82) is 0 Å². The molecule has 3 rings (SSSR count). The summed E-state index contributed by atoms with van der Waals surface area (Å²) in [5.74, 6) is -1.17. The third kappa shape index (κ3) is 3.24. The summed E-state index contributed by atoms with van der Waals surface area (Å²) in [6.45, 7) is 0.168. The highest BCUT2D eigenvalue weighted by Gasteiger charge is 2.39. The Bertz CT molecular complexity index is 713. The molecule has 0 saturated carbocycles. The number of amides is 1. The number of alkyl halides is 3. The molecule has 0 unspecified atom stereocenters. The summed E-state index contributed by atoms with van der Waals surface area (Å²) < 4.78 is 39.3. The molecular weight excluding hydrogens is 335 g/mol. The number of hydrogen-bond acceptors (Lipinski definition) is 4. The van der Waals surface area contributed by atoms with Gasteiger partial charge in [-0.15, -0.1) is 22.6 Å². The first kappa shape index (κ1) is 17.1. The zero-order chi connectivity index (χ0) is 15.9. The second-order valence-corrected chi connectivity index (χ2v) is 4.94. The van der Waals surface area contributed by atoms with Gasteiger partial charge in [-0.2, -0.15) is 13.2 Å². The van der Waals surface area contributed by atoms with E-state index in [1.165, 1.54) is 4.90 Å². The van der Waals surface area contributed by atoms with Crippen LogP contribution < -0.4 is 5.73 Å². The van der Waals surface area contributed by atoms with E-state index in [2.05, 4.69) is 10.2 Å². The van der Waals surface area contributed by atoms with Crippen LogP contribution in [0.1, 0.15) is 22.0 Å². The number of benzene rings is 1. The van der Waals surface area contributed by atoms with Gasteiger partial charge in [0.1, 0.15) is 0 Å². The quantitative estimate of drug-likeness (QED) is 0.800. The number of halogens is 4. The number of anilines is 1. The molecule has 0 atom stereocenters. The summed E-state index contributed by atoms with van der Waals surface area (Å²) in [6.07, 6.45) is -4.55. The Hall–Kier alpha value is -2.29. The molecule has 23 heavy (non-hydrogen) atoms. The molecule has 0 aliphatic carbocycles. The Morgan fingerprint density at radius 1 is 1.13 bits per heavy atom. The minimum absolute atomic E-state index is 0. The van der Waals surface area contributed by atoms with E-state index in [0.29, 0.717) is 11.3 Å². The highest BCUT2D eigenvalue weighted by Crippen LogP contribution is 2.29. The van der Waals surface area contributed by atoms with Crippen molar-refractivity contribution in [3.63, 3.8) is 0 Å². The maximum atomic E-state index is 12.8. The lowest BCUT2D eigenvalue weighted by Crippen LogP contribution is -2.39. The maximum absolute atomic E-state index is 12.8. The number of nitrogens with two attached hydrogens (primary N) is 1. The molecule has 2 N–H and O–H groups in total. The van der Waals surface area contributed by atoms with Gasteiger partial charge >= 0.3 is 6.18 Å². The first-order chi connectivity index (χ1) is 10.4. The first-order valence-electron chi connectivity index (χ1n) is 6.50. The molecule has 2 heterocycles. The van der Waals surface area contributed by atoms with Crippen molar-refractivity contribution in [2.45, 2.75) is 19.3 Å². The number of aromatic nitrogens is 3. The zero-order valence-electron chi connectivity index (χ0n) is 11.7. The van der Waals surface area contributed by atoms with Gasteiger partial charge in [0.05, 0.1) is 6.54 Å². The van der Waals surface area contributed by atoms with Crippen LogP contribution in [0.3, 0.4) is 0 Å². The Labute approximate surface area is 135 Å². The second-order valence-electron chi connectivity index (χ2n) is 4.94. The SMILES string of the molecule is Cl.Nc1ccc(C(=O)N2CCn3c(nnc3C(F)(F)F)C2)cc1. The summed E-state index contributed by atoms with van der Waals surface area (Å²) >= 11 is 0. The van der Waals surface area contributed by atoms with E-state index >= 15 is 0 Å². The van der Waals surface area contributed by atoms with Gasteiger partial charge in [-0.1, -0.05) is 0 Å². The van der Waals surface area contributed by atoms with E-state index in [4.69, 9.17) is 5.73 Å². The fraction of sp³-hybridized carbons (Fsp3) is 0.308. The highest BCUT2D eigenvalue weighted by atomic mass is 35.5. The molecule has 0 spiro atoms. The largest absolute Gasteiger partial charge is 0.451 e. The first-order valence-corrected chi connectivity index (χ1v) is 6.50. The molecule has 1 aliphatic heterocycles. The van der Waals surface area contributed by atoms with E-state index in [1.54, 1.807) is 24.3 Å². The van der Waals surface area contributed by atoms with Gasteiger partial charge in [0, 0.05) is 24.3 Å². The minimum Gasteiger partial charge on any atom is -0.399 e. The summed E-state index contributed by atoms with van der Waals surface area (Å²) in [4.78, 5) is 13.8. The van der Waals surface area contributed by atoms with Crippen molar-refractivity contribution in [3.8, 4) is 0 Å². The Balaban J connectivity index is 0.00000192. The Morgan fingerprint density at radius 3 is 2.39 bits per heavy atom. The van der Waals surface area contributed by atoms with Crippen LogP contribution >= 0.6 is 12.4 Å². The molecule has 124 valence electrons. The van der Waals surface area contributed by atoms with Crippen molar-refractivity contribution >= 4 is 24.0 Å². The van der Waals surface area contributed by atoms with E-state index in [0.717, 1.165) is 4.57 Å². The predicted molar refractivity (Wildman–Crippen MR) is 77.9 cm³/mol. The third-order valence-corrected chi connectivity index (χ3v) is 3.45. The lowest BCUT2D eigenvalue weighted by atomic mass is 10.1. The van der Waals surface area contributed by atoms with Crippen LogP contribution in [0.5, 0.6) is 0 Å². The Morgan fingerprint density at radius 2 is 1.78 bits per heavy atom. The summed E-state index contributed by atoms with van der Waals surface area (Å²) in [5.41, 5.74) is 6.52. The molecule has 6 nitrogen and oxygen atoms in total. The van der Waals surface area contributed by atoms with Crippen LogP contribution in [0.2, 0.25) is 0 Å². The summed E-state index contributed by atoms with van der Waals surface area (Å²) in [7, 11) is 0. The van der Waals surface area contributed by atoms with Gasteiger partial charge in [0.25, 0.3) is 5.91 Å². The van der Waals surface area contributed by atoms with Crippen molar-refractivity contribution in [1.82, 2.24) is 19.7 Å². The standard InChI is InChI=1S/C13H12F3N5O.ClH/c14-13(15,16)12-19-18-10-7-20(5-6-21(10)12)11(22)8-1-3-9(17)4-2-8;/h1-4H,5-7,17H2;1H. The lowest BCUT2D eigenvalue weighted by Gasteiger charge is -2.28. The highest BCUT2D eigenvalue weighted by molar-refractivity contribution is 5.94. The number of nitrogens with zero attached hydrogens (tertiary/aromatic N) is 4. The number of nitrogen functional groups attached to an aromatic ring is 1. The third-order valence-electron chi connectivity index (χ3n) is 3.45. The minimum atomic E-state index is -4.55. The van der Waals surface area contributed by atoms with Gasteiger partial charge in [-0.25, -0.2) is 0 Å². The van der Waals surface area contributed by atoms with Gasteiger partial charge < -0.3 is 15.2 Å². The van der Waals surface area contributed by atoms with Crippen LogP contribution in [0.25, 0.3) is 0 Å². The molecule has 1 aromatic carbocycles. The molecule has 1 aromatic heterocycles. The summed E-state index contributed by atoms with van der Waals surface area (Å²) in [6, 6.07) is 6.36. The van der Waals surface area contributed by atoms with Crippen molar-refractivity contribution in [3.05, 3.63) is 41.5 Å².